The van der Waals surface area contributed by atoms with Gasteiger partial charge in [-0.2, -0.15) is 0 Å². The number of halogens is 1. The molecule has 16 heavy (non-hydrogen) atoms. The summed E-state index contributed by atoms with van der Waals surface area (Å²) in [6.45, 7) is 2.29. The third kappa shape index (κ3) is 4.16. The van der Waals surface area contributed by atoms with Gasteiger partial charge in [0.1, 0.15) is 0 Å². The zero-order chi connectivity index (χ0) is 12.0. The monoisotopic (exact) mass is 258 g/mol. The summed E-state index contributed by atoms with van der Waals surface area (Å²) in [4.78, 5) is 12.3. The Kier molecular flexibility index (Phi) is 5.88. The van der Waals surface area contributed by atoms with Gasteiger partial charge in [-0.05, 0) is 31.5 Å². The van der Waals surface area contributed by atoms with E-state index in [1.54, 1.807) is 24.9 Å². The van der Waals surface area contributed by atoms with Crippen molar-refractivity contribution in [2.75, 3.05) is 19.5 Å². The van der Waals surface area contributed by atoms with Crippen LogP contribution in [0.25, 0.3) is 0 Å². The molecule has 0 N–H and O–H groups in total. The van der Waals surface area contributed by atoms with E-state index >= 15 is 0 Å². The summed E-state index contributed by atoms with van der Waals surface area (Å²) < 4.78 is 4.97. The van der Waals surface area contributed by atoms with Crippen molar-refractivity contribution in [1.82, 2.24) is 0 Å². The van der Waals surface area contributed by atoms with Gasteiger partial charge >= 0.3 is 0 Å². The zero-order valence-electron chi connectivity index (χ0n) is 9.46. The Hall–Kier alpha value is -0.510. The third-order valence-electron chi connectivity index (χ3n) is 2.08. The Morgan fingerprint density at radius 3 is 2.81 bits per heavy atom. The van der Waals surface area contributed by atoms with Crippen molar-refractivity contribution in [1.29, 1.82) is 0 Å². The molecule has 0 bridgehead atoms. The smallest absolute Gasteiger partial charge is 0.161 e. The Labute approximate surface area is 105 Å². The molecule has 1 aromatic rings. The number of carbonyl (C=O) groups is 1. The number of benzene rings is 1. The quantitative estimate of drug-likeness (QED) is 0.442. The summed E-state index contributed by atoms with van der Waals surface area (Å²) >= 11 is 7.72. The van der Waals surface area contributed by atoms with Crippen LogP contribution in [0.3, 0.4) is 0 Å². The molecule has 0 aromatic heterocycles. The number of ketones is 1. The fourth-order valence-corrected chi connectivity index (χ4v) is 2.51. The van der Waals surface area contributed by atoms with Gasteiger partial charge in [0.25, 0.3) is 0 Å². The number of methoxy groups -OCH3 is 1. The Bertz CT molecular complexity index is 366. The van der Waals surface area contributed by atoms with E-state index in [0.717, 1.165) is 23.7 Å². The first kappa shape index (κ1) is 13.6. The van der Waals surface area contributed by atoms with E-state index in [-0.39, 0.29) is 5.78 Å². The first-order valence-corrected chi connectivity index (χ1v) is 6.43. The molecular formula is C12H15ClO2S. The molecule has 0 amide bonds. The Balaban J connectivity index is 2.56. The van der Waals surface area contributed by atoms with Crippen molar-refractivity contribution in [2.45, 2.75) is 18.2 Å². The average molecular weight is 259 g/mol. The van der Waals surface area contributed by atoms with Gasteiger partial charge in [0, 0.05) is 29.9 Å². The summed E-state index contributed by atoms with van der Waals surface area (Å²) in [6.07, 6.45) is 1.01. The molecule has 0 fully saturated rings. The van der Waals surface area contributed by atoms with Gasteiger partial charge in [0.05, 0.1) is 5.02 Å². The average Bonchev–Trinajstić information content (AvgIpc) is 2.24. The largest absolute Gasteiger partial charge is 0.385 e. The van der Waals surface area contributed by atoms with E-state index in [1.807, 2.05) is 12.1 Å². The van der Waals surface area contributed by atoms with E-state index in [1.165, 1.54) is 6.92 Å². The Morgan fingerprint density at radius 1 is 1.50 bits per heavy atom. The number of hydrogen-bond donors (Lipinski definition) is 0. The number of Topliss-reactive ketones (excluding diaryl/α,β-unsaturated/α-hetero) is 1. The molecule has 4 heteroatoms. The van der Waals surface area contributed by atoms with Gasteiger partial charge in [-0.25, -0.2) is 0 Å². The molecule has 0 radical (unpaired) electrons. The fraction of sp³-hybridized carbons (Fsp3) is 0.417. The van der Waals surface area contributed by atoms with Crippen LogP contribution in [0, 0.1) is 0 Å². The summed E-state index contributed by atoms with van der Waals surface area (Å²) in [6, 6.07) is 5.55. The highest BCUT2D eigenvalue weighted by Gasteiger charge is 2.06. The zero-order valence-corrected chi connectivity index (χ0v) is 11.0. The molecular weight excluding hydrogens is 244 g/mol. The summed E-state index contributed by atoms with van der Waals surface area (Å²) in [5, 5.41) is 0.532. The predicted octanol–water partition coefficient (Wildman–Crippen LogP) is 3.67. The van der Waals surface area contributed by atoms with Crippen LogP contribution in [-0.2, 0) is 4.74 Å². The molecule has 0 aliphatic carbocycles. The van der Waals surface area contributed by atoms with Crippen molar-refractivity contribution >= 4 is 29.1 Å². The SMILES string of the molecule is COCCCSc1ccc(C(C)=O)c(Cl)c1. The molecule has 0 aliphatic heterocycles. The topological polar surface area (TPSA) is 26.3 Å². The maximum absolute atomic E-state index is 11.2. The second kappa shape index (κ2) is 6.94. The molecule has 0 spiro atoms. The van der Waals surface area contributed by atoms with E-state index in [0.29, 0.717) is 10.6 Å². The third-order valence-corrected chi connectivity index (χ3v) is 3.47. The minimum absolute atomic E-state index is 0.000864. The van der Waals surface area contributed by atoms with Crippen molar-refractivity contribution in [3.05, 3.63) is 28.8 Å². The number of ether oxygens (including phenoxy) is 1. The molecule has 1 rings (SSSR count). The van der Waals surface area contributed by atoms with Crippen LogP contribution in [0.4, 0.5) is 0 Å². The highest BCUT2D eigenvalue weighted by atomic mass is 35.5. The first-order valence-electron chi connectivity index (χ1n) is 5.07. The molecule has 0 aliphatic rings. The van der Waals surface area contributed by atoms with Crippen LogP contribution in [-0.4, -0.2) is 25.3 Å². The second-order valence-electron chi connectivity index (χ2n) is 3.39. The lowest BCUT2D eigenvalue weighted by Crippen LogP contribution is -1.94. The highest BCUT2D eigenvalue weighted by molar-refractivity contribution is 7.99. The molecule has 0 heterocycles. The van der Waals surface area contributed by atoms with Crippen LogP contribution < -0.4 is 0 Å². The molecule has 1 aromatic carbocycles. The first-order chi connectivity index (χ1) is 7.65. The minimum atomic E-state index is 0.000864. The lowest BCUT2D eigenvalue weighted by atomic mass is 10.1. The molecule has 0 saturated heterocycles. The van der Waals surface area contributed by atoms with Gasteiger partial charge in [-0.1, -0.05) is 11.6 Å². The van der Waals surface area contributed by atoms with E-state index in [9.17, 15) is 4.79 Å². The summed E-state index contributed by atoms with van der Waals surface area (Å²) in [5.74, 6) is 0.991. The van der Waals surface area contributed by atoms with Crippen molar-refractivity contribution < 1.29 is 9.53 Å². The second-order valence-corrected chi connectivity index (χ2v) is 4.97. The van der Waals surface area contributed by atoms with Gasteiger partial charge in [-0.15, -0.1) is 11.8 Å². The molecule has 0 saturated carbocycles. The molecule has 2 nitrogen and oxygen atoms in total. The Morgan fingerprint density at radius 2 is 2.25 bits per heavy atom. The van der Waals surface area contributed by atoms with E-state index in [4.69, 9.17) is 16.3 Å². The summed E-state index contributed by atoms with van der Waals surface area (Å²) in [5.41, 5.74) is 0.586. The van der Waals surface area contributed by atoms with Crippen LogP contribution >= 0.6 is 23.4 Å². The number of hydrogen-bond acceptors (Lipinski definition) is 3. The van der Waals surface area contributed by atoms with Crippen LogP contribution in [0.15, 0.2) is 23.1 Å². The molecule has 0 atom stereocenters. The lowest BCUT2D eigenvalue weighted by Gasteiger charge is -2.04. The standard InChI is InChI=1S/C12H15ClO2S/c1-9(14)11-5-4-10(8-12(11)13)16-7-3-6-15-2/h4-5,8H,3,6-7H2,1-2H3. The maximum atomic E-state index is 11.2. The van der Waals surface area contributed by atoms with Crippen molar-refractivity contribution in [3.63, 3.8) is 0 Å². The predicted molar refractivity (Wildman–Crippen MR) is 68.7 cm³/mol. The normalized spacial score (nSPS) is 10.4. The van der Waals surface area contributed by atoms with Gasteiger partial charge < -0.3 is 4.74 Å². The van der Waals surface area contributed by atoms with Gasteiger partial charge in [0.15, 0.2) is 5.78 Å². The van der Waals surface area contributed by atoms with Crippen LogP contribution in [0.2, 0.25) is 5.02 Å². The van der Waals surface area contributed by atoms with Crippen LogP contribution in [0.1, 0.15) is 23.7 Å². The van der Waals surface area contributed by atoms with E-state index in [2.05, 4.69) is 0 Å². The fourth-order valence-electron chi connectivity index (χ4n) is 1.26. The number of rotatable bonds is 6. The minimum Gasteiger partial charge on any atom is -0.385 e. The van der Waals surface area contributed by atoms with Crippen molar-refractivity contribution in [3.8, 4) is 0 Å². The number of carbonyl (C=O) groups excluding carboxylic acids is 1. The summed E-state index contributed by atoms with van der Waals surface area (Å²) in [7, 11) is 1.70. The molecule has 0 unspecified atom stereocenters. The van der Waals surface area contributed by atoms with Gasteiger partial charge in [0.2, 0.25) is 0 Å². The molecule has 88 valence electrons. The van der Waals surface area contributed by atoms with Gasteiger partial charge in [-0.3, -0.25) is 4.79 Å². The van der Waals surface area contributed by atoms with E-state index < -0.39 is 0 Å². The number of thioether (sulfide) groups is 1. The highest BCUT2D eigenvalue weighted by Crippen LogP contribution is 2.25. The maximum Gasteiger partial charge on any atom is 0.161 e. The lowest BCUT2D eigenvalue weighted by molar-refractivity contribution is 0.101. The van der Waals surface area contributed by atoms with Crippen LogP contribution in [0.5, 0.6) is 0 Å². The van der Waals surface area contributed by atoms with Crippen molar-refractivity contribution in [2.24, 2.45) is 0 Å².